The summed E-state index contributed by atoms with van der Waals surface area (Å²) in [6.07, 6.45) is -0.0965. The molecule has 2 aromatic rings. The van der Waals surface area contributed by atoms with Crippen molar-refractivity contribution in [1.82, 2.24) is 9.97 Å². The fourth-order valence-electron chi connectivity index (χ4n) is 5.01. The van der Waals surface area contributed by atoms with Gasteiger partial charge in [-0.05, 0) is 68.7 Å². The number of halogens is 3. The highest BCUT2D eigenvalue weighted by Gasteiger charge is 2.38. The number of alkyl halides is 3. The average Bonchev–Trinajstić information content (AvgIpc) is 3.39. The molecule has 2 aliphatic heterocycles. The van der Waals surface area contributed by atoms with E-state index in [1.54, 1.807) is 23.1 Å². The summed E-state index contributed by atoms with van der Waals surface area (Å²) in [5.41, 5.74) is 7.38. The van der Waals surface area contributed by atoms with Crippen LogP contribution in [0.25, 0.3) is 0 Å². The minimum atomic E-state index is -4.68. The Morgan fingerprint density at radius 1 is 1.08 bits per heavy atom. The molecule has 192 valence electrons. The normalized spacial score (nSPS) is 18.9. The molecule has 0 radical (unpaired) electrons. The van der Waals surface area contributed by atoms with Gasteiger partial charge in [0, 0.05) is 32.1 Å². The highest BCUT2D eigenvalue weighted by atomic mass is 19.4. The number of ketones is 1. The summed E-state index contributed by atoms with van der Waals surface area (Å²) in [6.45, 7) is 2.23. The van der Waals surface area contributed by atoms with E-state index in [1.807, 2.05) is 17.0 Å². The summed E-state index contributed by atoms with van der Waals surface area (Å²) in [4.78, 5) is 24.4. The largest absolute Gasteiger partial charge is 0.451 e. The third-order valence-electron chi connectivity index (χ3n) is 7.11. The maximum atomic E-state index is 13.7. The smallest absolute Gasteiger partial charge is 0.356 e. The van der Waals surface area contributed by atoms with Crippen LogP contribution in [0, 0.1) is 17.2 Å². The molecule has 0 aliphatic carbocycles. The number of nitrogens with two attached hydrogens (primary N) is 1. The number of aryl methyl sites for hydroxylation is 1. The number of anilines is 2. The van der Waals surface area contributed by atoms with E-state index in [-0.39, 0.29) is 17.4 Å². The summed E-state index contributed by atoms with van der Waals surface area (Å²) in [7, 11) is 0. The zero-order chi connectivity index (χ0) is 25.7. The molecule has 1 atom stereocenters. The van der Waals surface area contributed by atoms with E-state index in [1.165, 1.54) is 0 Å². The van der Waals surface area contributed by atoms with Crippen LogP contribution in [0.5, 0.6) is 0 Å². The number of Topliss-reactive ketones (excluding diaryl/α,β-unsaturated/α-hetero) is 1. The molecular weight excluding hydrogens is 469 g/mol. The minimum Gasteiger partial charge on any atom is -0.356 e. The molecule has 0 unspecified atom stereocenters. The van der Waals surface area contributed by atoms with Gasteiger partial charge in [0.15, 0.2) is 5.78 Å². The lowest BCUT2D eigenvalue weighted by atomic mass is 9.97. The van der Waals surface area contributed by atoms with Gasteiger partial charge in [-0.3, -0.25) is 4.79 Å². The quantitative estimate of drug-likeness (QED) is 0.583. The molecule has 2 fully saturated rings. The Morgan fingerprint density at radius 2 is 1.78 bits per heavy atom. The number of benzene rings is 1. The van der Waals surface area contributed by atoms with E-state index in [0.717, 1.165) is 18.4 Å². The van der Waals surface area contributed by atoms with Crippen LogP contribution < -0.4 is 15.5 Å². The Morgan fingerprint density at radius 3 is 2.42 bits per heavy atom. The standard InChI is InChI=1S/C26H31F3N6O/c27-26(28,29)25-32-23(34-13-10-20(17-31)11-14-34)15-24(33-25)35-12-2-4-21(35)22(36)5-1-3-18-6-8-19(16-30)9-7-18/h6-9,15,20-21H,1-5,10-14,17,31H2/t21-/m0/s1. The van der Waals surface area contributed by atoms with E-state index < -0.39 is 18.0 Å². The molecule has 2 N–H and O–H groups in total. The van der Waals surface area contributed by atoms with E-state index >= 15 is 0 Å². The van der Waals surface area contributed by atoms with E-state index in [4.69, 9.17) is 11.0 Å². The zero-order valence-corrected chi connectivity index (χ0v) is 20.2. The van der Waals surface area contributed by atoms with Gasteiger partial charge in [-0.1, -0.05) is 12.1 Å². The molecule has 0 amide bonds. The Labute approximate surface area is 209 Å². The number of piperidine rings is 1. The number of aromatic nitrogens is 2. The van der Waals surface area contributed by atoms with Crippen molar-refractivity contribution in [1.29, 1.82) is 5.26 Å². The van der Waals surface area contributed by atoms with Crippen molar-refractivity contribution in [3.05, 3.63) is 47.3 Å². The maximum absolute atomic E-state index is 13.7. The van der Waals surface area contributed by atoms with Crippen molar-refractivity contribution in [2.45, 2.75) is 57.2 Å². The van der Waals surface area contributed by atoms with E-state index in [0.29, 0.717) is 69.8 Å². The van der Waals surface area contributed by atoms with Gasteiger partial charge in [0.25, 0.3) is 0 Å². The highest BCUT2D eigenvalue weighted by Crippen LogP contribution is 2.34. The summed E-state index contributed by atoms with van der Waals surface area (Å²) in [5.74, 6) is -0.374. The average molecular weight is 501 g/mol. The van der Waals surface area contributed by atoms with Gasteiger partial charge >= 0.3 is 6.18 Å². The molecule has 0 bridgehead atoms. The van der Waals surface area contributed by atoms with Crippen LogP contribution in [0.1, 0.15) is 55.5 Å². The molecule has 0 spiro atoms. The SMILES string of the molecule is N#Cc1ccc(CCCC(=O)[C@@H]2CCCN2c2cc(N3CCC(CN)CC3)nc(C(F)(F)F)n2)cc1. The van der Waals surface area contributed by atoms with Crippen LogP contribution in [0.2, 0.25) is 0 Å². The predicted molar refractivity (Wildman–Crippen MR) is 130 cm³/mol. The number of carbonyl (C=O) groups excluding carboxylic acids is 1. The molecule has 10 heteroatoms. The first-order chi connectivity index (χ1) is 17.3. The zero-order valence-electron chi connectivity index (χ0n) is 20.2. The second-order valence-electron chi connectivity index (χ2n) is 9.55. The maximum Gasteiger partial charge on any atom is 0.451 e. The Bertz CT molecular complexity index is 1090. The number of carbonyl (C=O) groups is 1. The first kappa shape index (κ1) is 25.9. The molecule has 4 rings (SSSR count). The van der Waals surface area contributed by atoms with E-state index in [9.17, 15) is 18.0 Å². The van der Waals surface area contributed by atoms with Gasteiger partial charge in [-0.2, -0.15) is 18.4 Å². The second kappa shape index (κ2) is 11.2. The third kappa shape index (κ3) is 6.13. The van der Waals surface area contributed by atoms with Crippen LogP contribution in [0.15, 0.2) is 30.3 Å². The van der Waals surface area contributed by atoms with Crippen LogP contribution in [0.3, 0.4) is 0 Å². The Hall–Kier alpha value is -3.19. The fraction of sp³-hybridized carbons (Fsp3) is 0.538. The minimum absolute atomic E-state index is 0.0126. The fourth-order valence-corrected chi connectivity index (χ4v) is 5.01. The number of hydrogen-bond donors (Lipinski definition) is 1. The molecule has 7 nitrogen and oxygen atoms in total. The summed E-state index contributed by atoms with van der Waals surface area (Å²) < 4.78 is 41.1. The van der Waals surface area contributed by atoms with Gasteiger partial charge in [0.05, 0.1) is 17.7 Å². The first-order valence-electron chi connectivity index (χ1n) is 12.5. The molecule has 1 aromatic carbocycles. The van der Waals surface area contributed by atoms with Gasteiger partial charge in [0.2, 0.25) is 5.82 Å². The van der Waals surface area contributed by atoms with Crippen LogP contribution in [-0.2, 0) is 17.4 Å². The Kier molecular flexibility index (Phi) is 8.09. The number of nitrogens with zero attached hydrogens (tertiary/aromatic N) is 5. The highest BCUT2D eigenvalue weighted by molar-refractivity contribution is 5.87. The van der Waals surface area contributed by atoms with Crippen LogP contribution in [-0.4, -0.2) is 48.0 Å². The molecule has 2 aliphatic rings. The lowest BCUT2D eigenvalue weighted by Gasteiger charge is -2.33. The molecule has 1 aromatic heterocycles. The topological polar surface area (TPSA) is 99.1 Å². The lowest BCUT2D eigenvalue weighted by Crippen LogP contribution is -2.39. The molecule has 0 saturated carbocycles. The molecule has 3 heterocycles. The van der Waals surface area contributed by atoms with Crippen molar-refractivity contribution in [3.8, 4) is 6.07 Å². The monoisotopic (exact) mass is 500 g/mol. The van der Waals surface area contributed by atoms with Crippen LogP contribution >= 0.6 is 0 Å². The number of hydrogen-bond acceptors (Lipinski definition) is 7. The number of rotatable bonds is 8. The lowest BCUT2D eigenvalue weighted by molar-refractivity contribution is -0.144. The second-order valence-corrected chi connectivity index (χ2v) is 9.55. The predicted octanol–water partition coefficient (Wildman–Crippen LogP) is 4.10. The molecule has 2 saturated heterocycles. The number of nitriles is 1. The first-order valence-corrected chi connectivity index (χ1v) is 12.5. The summed E-state index contributed by atoms with van der Waals surface area (Å²) in [5, 5.41) is 8.91. The van der Waals surface area contributed by atoms with Gasteiger partial charge in [0.1, 0.15) is 11.6 Å². The molecular formula is C26H31F3N6O. The van der Waals surface area contributed by atoms with Crippen molar-refractivity contribution >= 4 is 17.4 Å². The Balaban J connectivity index is 1.47. The van der Waals surface area contributed by atoms with Crippen LogP contribution in [0.4, 0.5) is 24.8 Å². The van der Waals surface area contributed by atoms with Crippen molar-refractivity contribution < 1.29 is 18.0 Å². The summed E-state index contributed by atoms with van der Waals surface area (Å²) >= 11 is 0. The van der Waals surface area contributed by atoms with E-state index in [2.05, 4.69) is 16.0 Å². The van der Waals surface area contributed by atoms with Crippen molar-refractivity contribution in [2.24, 2.45) is 11.7 Å². The van der Waals surface area contributed by atoms with Gasteiger partial charge in [-0.25, -0.2) is 9.97 Å². The van der Waals surface area contributed by atoms with Crippen molar-refractivity contribution in [3.63, 3.8) is 0 Å². The van der Waals surface area contributed by atoms with Gasteiger partial charge in [-0.15, -0.1) is 0 Å². The third-order valence-corrected chi connectivity index (χ3v) is 7.11. The van der Waals surface area contributed by atoms with Gasteiger partial charge < -0.3 is 15.5 Å². The van der Waals surface area contributed by atoms with Crippen molar-refractivity contribution in [2.75, 3.05) is 36.0 Å². The molecule has 36 heavy (non-hydrogen) atoms. The summed E-state index contributed by atoms with van der Waals surface area (Å²) in [6, 6.07) is 10.4.